The predicted octanol–water partition coefficient (Wildman–Crippen LogP) is 4.17. The average molecular weight is 255 g/mol. The molecule has 0 amide bonds. The van der Waals surface area contributed by atoms with Crippen LogP contribution < -0.4 is 5.73 Å². The summed E-state index contributed by atoms with van der Waals surface area (Å²) in [7, 11) is 0. The topological polar surface area (TPSA) is 26.0 Å². The molecule has 1 unspecified atom stereocenters. The van der Waals surface area contributed by atoms with E-state index in [1.54, 1.807) is 5.56 Å². The molecular weight excluding hydrogens is 230 g/mol. The van der Waals surface area contributed by atoms with Crippen molar-refractivity contribution in [1.82, 2.24) is 0 Å². The lowest BCUT2D eigenvalue weighted by molar-refractivity contribution is -0.00522. The maximum absolute atomic E-state index is 6.07. The monoisotopic (exact) mass is 255 g/mol. The highest BCUT2D eigenvalue weighted by molar-refractivity contribution is 5.34. The Morgan fingerprint density at radius 3 is 2.16 bits per heavy atom. The third-order valence-corrected chi connectivity index (χ3v) is 6.06. The molecular formula is C18H25N. The Balaban J connectivity index is 1.73. The molecule has 4 aliphatic carbocycles. The van der Waals surface area contributed by atoms with Crippen molar-refractivity contribution >= 4 is 0 Å². The van der Waals surface area contributed by atoms with Crippen molar-refractivity contribution in [2.75, 3.05) is 0 Å². The van der Waals surface area contributed by atoms with E-state index in [2.05, 4.69) is 31.2 Å². The standard InChI is InChI=1S/C18H25N/c1-12(19)16-3-2-4-17(8-16)18-9-13-5-14(10-18)7-15(6-13)11-18/h2-4,8,12-15H,5-7,9-11,19H2,1H3. The maximum Gasteiger partial charge on any atom is 0.0266 e. The Kier molecular flexibility index (Phi) is 2.57. The summed E-state index contributed by atoms with van der Waals surface area (Å²) in [6.45, 7) is 2.10. The average Bonchev–Trinajstić information content (AvgIpc) is 2.37. The van der Waals surface area contributed by atoms with Crippen LogP contribution in [0.5, 0.6) is 0 Å². The second-order valence-corrected chi connectivity index (χ2v) is 7.61. The first-order valence-corrected chi connectivity index (χ1v) is 8.01. The molecule has 1 nitrogen and oxygen atoms in total. The first kappa shape index (κ1) is 12.0. The second-order valence-electron chi connectivity index (χ2n) is 7.61. The van der Waals surface area contributed by atoms with Gasteiger partial charge in [-0.2, -0.15) is 0 Å². The van der Waals surface area contributed by atoms with Gasteiger partial charge in [0.2, 0.25) is 0 Å². The molecule has 0 saturated heterocycles. The Morgan fingerprint density at radius 2 is 1.63 bits per heavy atom. The van der Waals surface area contributed by atoms with Gasteiger partial charge in [-0.1, -0.05) is 24.3 Å². The maximum atomic E-state index is 6.07. The number of rotatable bonds is 2. The minimum Gasteiger partial charge on any atom is -0.324 e. The molecule has 0 heterocycles. The highest BCUT2D eigenvalue weighted by Crippen LogP contribution is 2.60. The van der Waals surface area contributed by atoms with Gasteiger partial charge >= 0.3 is 0 Å². The summed E-state index contributed by atoms with van der Waals surface area (Å²) in [6.07, 6.45) is 8.90. The van der Waals surface area contributed by atoms with Crippen molar-refractivity contribution in [1.29, 1.82) is 0 Å². The Morgan fingerprint density at radius 1 is 1.05 bits per heavy atom. The lowest BCUT2D eigenvalue weighted by Crippen LogP contribution is -2.48. The van der Waals surface area contributed by atoms with Crippen molar-refractivity contribution in [2.24, 2.45) is 23.5 Å². The van der Waals surface area contributed by atoms with Crippen LogP contribution in [0.2, 0.25) is 0 Å². The number of nitrogens with two attached hydrogens (primary N) is 1. The molecule has 5 rings (SSSR count). The molecule has 2 N–H and O–H groups in total. The van der Waals surface area contributed by atoms with Gasteiger partial charge < -0.3 is 5.73 Å². The minimum atomic E-state index is 0.161. The van der Waals surface area contributed by atoms with E-state index < -0.39 is 0 Å². The summed E-state index contributed by atoms with van der Waals surface area (Å²) in [6, 6.07) is 9.37. The third kappa shape index (κ3) is 1.86. The van der Waals surface area contributed by atoms with Crippen LogP contribution in [0, 0.1) is 17.8 Å². The molecule has 1 atom stereocenters. The zero-order valence-corrected chi connectivity index (χ0v) is 11.9. The van der Waals surface area contributed by atoms with Gasteiger partial charge in [0.05, 0.1) is 0 Å². The van der Waals surface area contributed by atoms with Crippen molar-refractivity contribution in [3.05, 3.63) is 35.4 Å². The molecule has 4 fully saturated rings. The predicted molar refractivity (Wildman–Crippen MR) is 78.9 cm³/mol. The van der Waals surface area contributed by atoms with Crippen LogP contribution in [0.15, 0.2) is 24.3 Å². The smallest absolute Gasteiger partial charge is 0.0266 e. The fourth-order valence-electron chi connectivity index (χ4n) is 5.62. The summed E-state index contributed by atoms with van der Waals surface area (Å²) < 4.78 is 0. The summed E-state index contributed by atoms with van der Waals surface area (Å²) in [5.74, 6) is 3.06. The van der Waals surface area contributed by atoms with E-state index in [9.17, 15) is 0 Å². The summed E-state index contributed by atoms with van der Waals surface area (Å²) in [4.78, 5) is 0. The summed E-state index contributed by atoms with van der Waals surface area (Å²) >= 11 is 0. The Bertz CT molecular complexity index is 453. The van der Waals surface area contributed by atoms with E-state index in [1.165, 1.54) is 44.1 Å². The van der Waals surface area contributed by atoms with Gasteiger partial charge in [-0.05, 0) is 79.7 Å². The quantitative estimate of drug-likeness (QED) is 0.843. The lowest BCUT2D eigenvalue weighted by atomic mass is 9.48. The minimum absolute atomic E-state index is 0.161. The van der Waals surface area contributed by atoms with E-state index in [1.807, 2.05) is 0 Å². The Labute approximate surface area is 116 Å². The van der Waals surface area contributed by atoms with Crippen molar-refractivity contribution in [3.8, 4) is 0 Å². The van der Waals surface area contributed by atoms with Gasteiger partial charge in [0.15, 0.2) is 0 Å². The summed E-state index contributed by atoms with van der Waals surface area (Å²) in [5.41, 5.74) is 9.50. The Hall–Kier alpha value is -0.820. The van der Waals surface area contributed by atoms with Crippen LogP contribution >= 0.6 is 0 Å². The number of hydrogen-bond donors (Lipinski definition) is 1. The van der Waals surface area contributed by atoms with Crippen molar-refractivity contribution in [2.45, 2.75) is 56.9 Å². The molecule has 4 bridgehead atoms. The van der Waals surface area contributed by atoms with Gasteiger partial charge in [-0.25, -0.2) is 0 Å². The van der Waals surface area contributed by atoms with E-state index in [0.29, 0.717) is 5.41 Å². The molecule has 1 aromatic carbocycles. The molecule has 102 valence electrons. The van der Waals surface area contributed by atoms with Gasteiger partial charge in [-0.15, -0.1) is 0 Å². The first-order valence-electron chi connectivity index (χ1n) is 8.01. The first-order chi connectivity index (χ1) is 9.14. The molecule has 1 heteroatoms. The van der Waals surface area contributed by atoms with E-state index >= 15 is 0 Å². The van der Waals surface area contributed by atoms with Crippen molar-refractivity contribution in [3.63, 3.8) is 0 Å². The van der Waals surface area contributed by atoms with Crippen LogP contribution in [0.3, 0.4) is 0 Å². The van der Waals surface area contributed by atoms with Gasteiger partial charge in [0.1, 0.15) is 0 Å². The van der Waals surface area contributed by atoms with E-state index in [4.69, 9.17) is 5.73 Å². The number of benzene rings is 1. The van der Waals surface area contributed by atoms with E-state index in [-0.39, 0.29) is 6.04 Å². The van der Waals surface area contributed by atoms with Gasteiger partial charge in [0.25, 0.3) is 0 Å². The molecule has 4 saturated carbocycles. The lowest BCUT2D eigenvalue weighted by Gasteiger charge is -2.57. The molecule has 0 aromatic heterocycles. The molecule has 4 aliphatic rings. The SMILES string of the molecule is CC(N)c1cccc(C23CC4CC(CC(C4)C2)C3)c1. The van der Waals surface area contributed by atoms with Crippen LogP contribution in [0.25, 0.3) is 0 Å². The summed E-state index contributed by atoms with van der Waals surface area (Å²) in [5, 5.41) is 0. The molecule has 0 spiro atoms. The molecule has 19 heavy (non-hydrogen) atoms. The van der Waals surface area contributed by atoms with Crippen LogP contribution in [0.4, 0.5) is 0 Å². The zero-order chi connectivity index (χ0) is 13.0. The second kappa shape index (κ2) is 4.09. The van der Waals surface area contributed by atoms with Crippen LogP contribution in [-0.2, 0) is 5.41 Å². The molecule has 0 aliphatic heterocycles. The van der Waals surface area contributed by atoms with Gasteiger partial charge in [0, 0.05) is 6.04 Å². The van der Waals surface area contributed by atoms with Crippen molar-refractivity contribution < 1.29 is 0 Å². The normalized spacial score (nSPS) is 41.5. The fourth-order valence-corrected chi connectivity index (χ4v) is 5.62. The van der Waals surface area contributed by atoms with E-state index in [0.717, 1.165) is 17.8 Å². The van der Waals surface area contributed by atoms with Crippen LogP contribution in [0.1, 0.15) is 62.6 Å². The highest BCUT2D eigenvalue weighted by Gasteiger charge is 2.51. The number of hydrogen-bond acceptors (Lipinski definition) is 1. The third-order valence-electron chi connectivity index (χ3n) is 6.06. The fraction of sp³-hybridized carbons (Fsp3) is 0.667. The van der Waals surface area contributed by atoms with Gasteiger partial charge in [-0.3, -0.25) is 0 Å². The van der Waals surface area contributed by atoms with Crippen LogP contribution in [-0.4, -0.2) is 0 Å². The molecule has 1 aromatic rings. The molecule has 0 radical (unpaired) electrons. The highest BCUT2D eigenvalue weighted by atomic mass is 14.6. The largest absolute Gasteiger partial charge is 0.324 e. The zero-order valence-electron chi connectivity index (χ0n) is 11.9.